The summed E-state index contributed by atoms with van der Waals surface area (Å²) in [5.41, 5.74) is 1.49. The zero-order chi connectivity index (χ0) is 15.4. The van der Waals surface area contributed by atoms with Crippen molar-refractivity contribution in [2.24, 2.45) is 0 Å². The van der Waals surface area contributed by atoms with Gasteiger partial charge in [0.15, 0.2) is 0 Å². The first-order chi connectivity index (χ1) is 9.97. The molecule has 1 amide bonds. The van der Waals surface area contributed by atoms with Crippen LogP contribution >= 0.6 is 0 Å². The number of hydrogen-bond donors (Lipinski definition) is 1. The highest BCUT2D eigenvalue weighted by atomic mass is 19.1. The van der Waals surface area contributed by atoms with E-state index in [0.29, 0.717) is 22.6 Å². The number of hydrogen-bond acceptors (Lipinski definition) is 2. The predicted molar refractivity (Wildman–Crippen MR) is 81.3 cm³/mol. The van der Waals surface area contributed by atoms with Crippen LogP contribution in [0.25, 0.3) is 0 Å². The zero-order valence-electron chi connectivity index (χ0n) is 12.3. The van der Waals surface area contributed by atoms with E-state index in [1.807, 2.05) is 19.9 Å². The van der Waals surface area contributed by atoms with Crippen LogP contribution in [-0.4, -0.2) is 12.0 Å². The summed E-state index contributed by atoms with van der Waals surface area (Å²) in [4.78, 5) is 12.3. The van der Waals surface area contributed by atoms with Crippen molar-refractivity contribution in [1.82, 2.24) is 0 Å². The standard InChI is InChI=1S/C17H18FNO2/c1-11(2)21-16-7-5-4-6-14(16)17(20)19-13-8-9-15(18)12(3)10-13/h4-11H,1-3H3,(H,19,20). The summed E-state index contributed by atoms with van der Waals surface area (Å²) in [6, 6.07) is 11.5. The fourth-order valence-corrected chi connectivity index (χ4v) is 1.93. The highest BCUT2D eigenvalue weighted by Gasteiger charge is 2.13. The fourth-order valence-electron chi connectivity index (χ4n) is 1.93. The summed E-state index contributed by atoms with van der Waals surface area (Å²) >= 11 is 0. The first-order valence-corrected chi connectivity index (χ1v) is 6.80. The molecule has 21 heavy (non-hydrogen) atoms. The van der Waals surface area contributed by atoms with Crippen molar-refractivity contribution in [3.63, 3.8) is 0 Å². The van der Waals surface area contributed by atoms with E-state index in [1.54, 1.807) is 31.2 Å². The second kappa shape index (κ2) is 6.39. The lowest BCUT2D eigenvalue weighted by Gasteiger charge is -2.14. The zero-order valence-corrected chi connectivity index (χ0v) is 12.3. The SMILES string of the molecule is Cc1cc(NC(=O)c2ccccc2OC(C)C)ccc1F. The van der Waals surface area contributed by atoms with Gasteiger partial charge in [-0.25, -0.2) is 4.39 Å². The van der Waals surface area contributed by atoms with Gasteiger partial charge in [-0.15, -0.1) is 0 Å². The van der Waals surface area contributed by atoms with E-state index in [2.05, 4.69) is 5.32 Å². The minimum absolute atomic E-state index is 0.0213. The molecule has 0 heterocycles. The summed E-state index contributed by atoms with van der Waals surface area (Å²) < 4.78 is 18.9. The van der Waals surface area contributed by atoms with Crippen LogP contribution < -0.4 is 10.1 Å². The van der Waals surface area contributed by atoms with Crippen molar-refractivity contribution in [1.29, 1.82) is 0 Å². The second-order valence-corrected chi connectivity index (χ2v) is 5.08. The Balaban J connectivity index is 2.22. The number of halogens is 1. The monoisotopic (exact) mass is 287 g/mol. The molecule has 0 saturated carbocycles. The van der Waals surface area contributed by atoms with Crippen LogP contribution in [-0.2, 0) is 0 Å². The molecule has 4 heteroatoms. The Morgan fingerprint density at radius 2 is 1.90 bits per heavy atom. The van der Waals surface area contributed by atoms with Gasteiger partial charge in [0.1, 0.15) is 11.6 Å². The summed E-state index contributed by atoms with van der Waals surface area (Å²) in [5, 5.41) is 2.75. The van der Waals surface area contributed by atoms with Gasteiger partial charge in [0.2, 0.25) is 0 Å². The molecule has 0 aromatic heterocycles. The maximum Gasteiger partial charge on any atom is 0.259 e. The Morgan fingerprint density at radius 3 is 2.57 bits per heavy atom. The van der Waals surface area contributed by atoms with E-state index in [4.69, 9.17) is 4.74 Å². The highest BCUT2D eigenvalue weighted by molar-refractivity contribution is 6.06. The van der Waals surface area contributed by atoms with Crippen molar-refractivity contribution in [2.45, 2.75) is 26.9 Å². The number of nitrogens with one attached hydrogen (secondary N) is 1. The molecular formula is C17H18FNO2. The number of para-hydroxylation sites is 1. The van der Waals surface area contributed by atoms with Gasteiger partial charge in [-0.3, -0.25) is 4.79 Å². The molecule has 0 bridgehead atoms. The molecule has 0 atom stereocenters. The van der Waals surface area contributed by atoms with Crippen LogP contribution in [0, 0.1) is 12.7 Å². The number of anilines is 1. The third-order valence-corrected chi connectivity index (χ3v) is 2.91. The minimum Gasteiger partial charge on any atom is -0.490 e. The maximum atomic E-state index is 13.2. The van der Waals surface area contributed by atoms with E-state index < -0.39 is 0 Å². The van der Waals surface area contributed by atoms with Crippen LogP contribution in [0.1, 0.15) is 29.8 Å². The van der Waals surface area contributed by atoms with Crippen molar-refractivity contribution in [2.75, 3.05) is 5.32 Å². The van der Waals surface area contributed by atoms with Gasteiger partial charge in [-0.2, -0.15) is 0 Å². The first kappa shape index (κ1) is 15.0. The van der Waals surface area contributed by atoms with Crippen LogP contribution in [0.4, 0.5) is 10.1 Å². The lowest BCUT2D eigenvalue weighted by atomic mass is 10.1. The van der Waals surface area contributed by atoms with Crippen molar-refractivity contribution >= 4 is 11.6 Å². The summed E-state index contributed by atoms with van der Waals surface area (Å²) in [5.74, 6) is -0.0439. The first-order valence-electron chi connectivity index (χ1n) is 6.80. The number of aryl methyl sites for hydroxylation is 1. The molecule has 2 rings (SSSR count). The normalized spacial score (nSPS) is 10.5. The molecule has 0 aliphatic carbocycles. The van der Waals surface area contributed by atoms with Gasteiger partial charge in [-0.05, 0) is 56.7 Å². The summed E-state index contributed by atoms with van der Waals surface area (Å²) in [6.45, 7) is 5.46. The third-order valence-electron chi connectivity index (χ3n) is 2.91. The van der Waals surface area contributed by atoms with Gasteiger partial charge in [-0.1, -0.05) is 12.1 Å². The van der Waals surface area contributed by atoms with Crippen molar-refractivity contribution in [3.05, 3.63) is 59.4 Å². The molecule has 2 aromatic carbocycles. The van der Waals surface area contributed by atoms with Crippen molar-refractivity contribution < 1.29 is 13.9 Å². The Hall–Kier alpha value is -2.36. The minimum atomic E-state index is -0.295. The number of amides is 1. The lowest BCUT2D eigenvalue weighted by molar-refractivity contribution is 0.102. The summed E-state index contributed by atoms with van der Waals surface area (Å²) in [7, 11) is 0. The molecule has 2 aromatic rings. The number of carbonyl (C=O) groups excluding carboxylic acids is 1. The Labute approximate surface area is 123 Å². The fraction of sp³-hybridized carbons (Fsp3) is 0.235. The van der Waals surface area contributed by atoms with Crippen molar-refractivity contribution in [3.8, 4) is 5.75 Å². The van der Waals surface area contributed by atoms with E-state index in [-0.39, 0.29) is 17.8 Å². The molecule has 0 aliphatic heterocycles. The molecule has 3 nitrogen and oxygen atoms in total. The molecule has 0 fully saturated rings. The molecule has 1 N–H and O–H groups in total. The van der Waals surface area contributed by atoms with Gasteiger partial charge < -0.3 is 10.1 Å². The average Bonchev–Trinajstić information content (AvgIpc) is 2.43. The van der Waals surface area contributed by atoms with E-state index in [9.17, 15) is 9.18 Å². The molecule has 0 aliphatic rings. The van der Waals surface area contributed by atoms with Crippen LogP contribution in [0.15, 0.2) is 42.5 Å². The number of carbonyl (C=O) groups is 1. The molecular weight excluding hydrogens is 269 g/mol. The lowest BCUT2D eigenvalue weighted by Crippen LogP contribution is -2.15. The summed E-state index contributed by atoms with van der Waals surface area (Å²) in [6.07, 6.45) is -0.0213. The smallest absolute Gasteiger partial charge is 0.259 e. The average molecular weight is 287 g/mol. The largest absolute Gasteiger partial charge is 0.490 e. The quantitative estimate of drug-likeness (QED) is 0.916. The molecule has 0 spiro atoms. The number of rotatable bonds is 4. The van der Waals surface area contributed by atoms with Gasteiger partial charge in [0.05, 0.1) is 11.7 Å². The third kappa shape index (κ3) is 3.81. The molecule has 0 radical (unpaired) electrons. The topological polar surface area (TPSA) is 38.3 Å². The maximum absolute atomic E-state index is 13.2. The van der Waals surface area contributed by atoms with Crippen LogP contribution in [0.5, 0.6) is 5.75 Å². The Morgan fingerprint density at radius 1 is 1.19 bits per heavy atom. The number of benzene rings is 2. The molecule has 0 saturated heterocycles. The van der Waals surface area contributed by atoms with Gasteiger partial charge in [0, 0.05) is 5.69 Å². The van der Waals surface area contributed by atoms with Gasteiger partial charge >= 0.3 is 0 Å². The molecule has 110 valence electrons. The van der Waals surface area contributed by atoms with Crippen LogP contribution in [0.2, 0.25) is 0 Å². The van der Waals surface area contributed by atoms with E-state index >= 15 is 0 Å². The van der Waals surface area contributed by atoms with E-state index in [1.165, 1.54) is 12.1 Å². The Kier molecular flexibility index (Phi) is 4.58. The van der Waals surface area contributed by atoms with Gasteiger partial charge in [0.25, 0.3) is 5.91 Å². The van der Waals surface area contributed by atoms with E-state index in [0.717, 1.165) is 0 Å². The Bertz CT molecular complexity index is 653. The predicted octanol–water partition coefficient (Wildman–Crippen LogP) is 4.17. The highest BCUT2D eigenvalue weighted by Crippen LogP contribution is 2.21. The second-order valence-electron chi connectivity index (χ2n) is 5.08. The van der Waals surface area contributed by atoms with Crippen LogP contribution in [0.3, 0.4) is 0 Å². The molecule has 0 unspecified atom stereocenters. The number of ether oxygens (including phenoxy) is 1.